The molecule has 2 N–H and O–H groups in total. The Morgan fingerprint density at radius 3 is 2.67 bits per heavy atom. The van der Waals surface area contributed by atoms with E-state index in [2.05, 4.69) is 0 Å². The number of hydrogen-bond donors (Lipinski definition) is 1. The van der Waals surface area contributed by atoms with Crippen LogP contribution in [0.3, 0.4) is 0 Å². The van der Waals surface area contributed by atoms with Gasteiger partial charge in [0, 0.05) is 17.6 Å². The fourth-order valence-electron chi connectivity index (χ4n) is 2.37. The maximum Gasteiger partial charge on any atom is 0.154 e. The summed E-state index contributed by atoms with van der Waals surface area (Å²) in [6.07, 6.45) is 0. The largest absolute Gasteiger partial charge is 0.393 e. The molecule has 1 saturated carbocycles. The van der Waals surface area contributed by atoms with E-state index < -0.39 is 15.1 Å². The molecule has 2 rings (SSSR count). The standard InChI is InChI=1S/C12H14FNO2S2/c1-2-18(15,16)11-9(10(11)12(14)17)7-4-3-5-8(13)6-7/h3-6,9-11H,2H2,1H3,(H2,14,17)/t9-,10-,11-/m0/s1. The summed E-state index contributed by atoms with van der Waals surface area (Å²) in [5.41, 5.74) is 6.23. The number of sulfone groups is 1. The Bertz CT molecular complexity index is 585. The fraction of sp³-hybridized carbons (Fsp3) is 0.417. The summed E-state index contributed by atoms with van der Waals surface area (Å²) in [7, 11) is -3.22. The van der Waals surface area contributed by atoms with Crippen molar-refractivity contribution in [3.8, 4) is 0 Å². The number of rotatable bonds is 4. The van der Waals surface area contributed by atoms with Crippen LogP contribution in [0.1, 0.15) is 18.4 Å². The summed E-state index contributed by atoms with van der Waals surface area (Å²) in [4.78, 5) is 0.186. The van der Waals surface area contributed by atoms with Crippen molar-refractivity contribution < 1.29 is 12.8 Å². The van der Waals surface area contributed by atoms with Gasteiger partial charge in [-0.2, -0.15) is 0 Å². The second-order valence-corrected chi connectivity index (χ2v) is 7.34. The summed E-state index contributed by atoms with van der Waals surface area (Å²) in [5.74, 6) is -1.01. The lowest BCUT2D eigenvalue weighted by Gasteiger charge is -2.00. The van der Waals surface area contributed by atoms with Gasteiger partial charge in [-0.15, -0.1) is 0 Å². The topological polar surface area (TPSA) is 60.2 Å². The molecule has 6 heteroatoms. The van der Waals surface area contributed by atoms with Crippen molar-refractivity contribution >= 4 is 27.0 Å². The van der Waals surface area contributed by atoms with Crippen LogP contribution in [0, 0.1) is 11.7 Å². The smallest absolute Gasteiger partial charge is 0.154 e. The normalized spacial score (nSPS) is 26.9. The van der Waals surface area contributed by atoms with E-state index in [0.29, 0.717) is 5.56 Å². The second-order valence-electron chi connectivity index (χ2n) is 4.43. The first kappa shape index (κ1) is 13.4. The van der Waals surface area contributed by atoms with Crippen LogP contribution >= 0.6 is 12.2 Å². The molecular formula is C12H14FNO2S2. The van der Waals surface area contributed by atoms with Gasteiger partial charge in [0.15, 0.2) is 9.84 Å². The third-order valence-electron chi connectivity index (χ3n) is 3.33. The molecule has 1 aliphatic rings. The molecular weight excluding hydrogens is 273 g/mol. The summed E-state index contributed by atoms with van der Waals surface area (Å²) < 4.78 is 37.0. The van der Waals surface area contributed by atoms with Crippen molar-refractivity contribution in [3.05, 3.63) is 35.6 Å². The highest BCUT2D eigenvalue weighted by Gasteiger charge is 2.59. The van der Waals surface area contributed by atoms with E-state index >= 15 is 0 Å². The highest BCUT2D eigenvalue weighted by molar-refractivity contribution is 7.92. The number of benzene rings is 1. The van der Waals surface area contributed by atoms with E-state index in [1.165, 1.54) is 12.1 Å². The van der Waals surface area contributed by atoms with Gasteiger partial charge in [-0.1, -0.05) is 31.3 Å². The molecule has 3 nitrogen and oxygen atoms in total. The van der Waals surface area contributed by atoms with Crippen molar-refractivity contribution in [3.63, 3.8) is 0 Å². The van der Waals surface area contributed by atoms with Crippen LogP contribution in [0.15, 0.2) is 24.3 Å². The maximum atomic E-state index is 13.2. The average Bonchev–Trinajstić information content (AvgIpc) is 3.05. The van der Waals surface area contributed by atoms with Crippen LogP contribution in [-0.2, 0) is 9.84 Å². The van der Waals surface area contributed by atoms with Gasteiger partial charge in [0.25, 0.3) is 0 Å². The zero-order valence-corrected chi connectivity index (χ0v) is 11.5. The number of thiocarbonyl (C=S) groups is 1. The molecule has 1 fully saturated rings. The van der Waals surface area contributed by atoms with Gasteiger partial charge in [-0.05, 0) is 17.7 Å². The number of nitrogens with two attached hydrogens (primary N) is 1. The third-order valence-corrected chi connectivity index (χ3v) is 5.83. The Labute approximate surface area is 111 Å². The molecule has 0 heterocycles. The van der Waals surface area contributed by atoms with Crippen LogP contribution in [0.4, 0.5) is 4.39 Å². The molecule has 1 aromatic carbocycles. The lowest BCUT2D eigenvalue weighted by atomic mass is 10.1. The first-order valence-electron chi connectivity index (χ1n) is 5.65. The Morgan fingerprint density at radius 2 is 2.17 bits per heavy atom. The van der Waals surface area contributed by atoms with Crippen molar-refractivity contribution in [2.75, 3.05) is 5.75 Å². The van der Waals surface area contributed by atoms with Crippen LogP contribution in [0.5, 0.6) is 0 Å². The SMILES string of the molecule is CCS(=O)(=O)[C@@H]1[C@@H](C(N)=S)[C@@H]1c1cccc(F)c1. The summed E-state index contributed by atoms with van der Waals surface area (Å²) in [6, 6.07) is 5.95. The van der Waals surface area contributed by atoms with Gasteiger partial charge in [0.2, 0.25) is 0 Å². The molecule has 18 heavy (non-hydrogen) atoms. The predicted molar refractivity (Wildman–Crippen MR) is 72.7 cm³/mol. The summed E-state index contributed by atoms with van der Waals surface area (Å²) >= 11 is 4.91. The van der Waals surface area contributed by atoms with Crippen LogP contribution < -0.4 is 5.73 Å². The zero-order chi connectivity index (χ0) is 13.5. The van der Waals surface area contributed by atoms with E-state index in [1.807, 2.05) is 0 Å². The molecule has 0 radical (unpaired) electrons. The van der Waals surface area contributed by atoms with E-state index in [4.69, 9.17) is 18.0 Å². The second kappa shape index (κ2) is 4.59. The Morgan fingerprint density at radius 1 is 1.50 bits per heavy atom. The molecule has 98 valence electrons. The number of hydrogen-bond acceptors (Lipinski definition) is 3. The van der Waals surface area contributed by atoms with Crippen molar-refractivity contribution in [1.29, 1.82) is 0 Å². The maximum absolute atomic E-state index is 13.2. The molecule has 1 aromatic rings. The van der Waals surface area contributed by atoms with Gasteiger partial charge in [-0.3, -0.25) is 0 Å². The van der Waals surface area contributed by atoms with Gasteiger partial charge in [-0.25, -0.2) is 12.8 Å². The van der Waals surface area contributed by atoms with Gasteiger partial charge >= 0.3 is 0 Å². The quantitative estimate of drug-likeness (QED) is 0.855. The molecule has 0 bridgehead atoms. The molecule has 0 aromatic heterocycles. The van der Waals surface area contributed by atoms with Crippen molar-refractivity contribution in [1.82, 2.24) is 0 Å². The lowest BCUT2D eigenvalue weighted by Crippen LogP contribution is -2.18. The Balaban J connectivity index is 2.37. The molecule has 0 saturated heterocycles. The van der Waals surface area contributed by atoms with Crippen LogP contribution in [-0.4, -0.2) is 24.4 Å². The summed E-state index contributed by atoms with van der Waals surface area (Å²) in [5, 5.41) is -0.596. The average molecular weight is 287 g/mol. The van der Waals surface area contributed by atoms with Crippen molar-refractivity contribution in [2.45, 2.75) is 18.1 Å². The monoisotopic (exact) mass is 287 g/mol. The van der Waals surface area contributed by atoms with Crippen molar-refractivity contribution in [2.24, 2.45) is 11.7 Å². The minimum absolute atomic E-state index is 0.0442. The Hall–Kier alpha value is -1.01. The van der Waals surface area contributed by atoms with E-state index in [9.17, 15) is 12.8 Å². The van der Waals surface area contributed by atoms with Crippen LogP contribution in [0.25, 0.3) is 0 Å². The first-order chi connectivity index (χ1) is 8.38. The highest BCUT2D eigenvalue weighted by Crippen LogP contribution is 2.52. The minimum atomic E-state index is -3.22. The highest BCUT2D eigenvalue weighted by atomic mass is 32.2. The molecule has 0 amide bonds. The lowest BCUT2D eigenvalue weighted by molar-refractivity contribution is 0.594. The first-order valence-corrected chi connectivity index (χ1v) is 7.77. The Kier molecular flexibility index (Phi) is 3.42. The molecule has 0 spiro atoms. The van der Waals surface area contributed by atoms with E-state index in [0.717, 1.165) is 0 Å². The zero-order valence-electron chi connectivity index (χ0n) is 9.84. The minimum Gasteiger partial charge on any atom is -0.393 e. The molecule has 0 unspecified atom stereocenters. The van der Waals surface area contributed by atoms with Crippen LogP contribution in [0.2, 0.25) is 0 Å². The van der Waals surface area contributed by atoms with E-state index in [1.54, 1.807) is 19.1 Å². The fourth-order valence-corrected chi connectivity index (χ4v) is 4.58. The molecule has 1 aliphatic carbocycles. The third kappa shape index (κ3) is 2.27. The van der Waals surface area contributed by atoms with Gasteiger partial charge < -0.3 is 5.73 Å². The van der Waals surface area contributed by atoms with E-state index in [-0.39, 0.29) is 28.4 Å². The van der Waals surface area contributed by atoms with Gasteiger partial charge in [0.05, 0.1) is 10.2 Å². The molecule has 0 aliphatic heterocycles. The predicted octanol–water partition coefficient (Wildman–Crippen LogP) is 1.63. The number of halogens is 1. The molecule has 3 atom stereocenters. The summed E-state index contributed by atoms with van der Waals surface area (Å²) in [6.45, 7) is 1.59. The van der Waals surface area contributed by atoms with Gasteiger partial charge in [0.1, 0.15) is 5.82 Å².